The molecule has 1 amide bonds. The molecule has 0 aliphatic rings. The topological polar surface area (TPSA) is 66.4 Å². The summed E-state index contributed by atoms with van der Waals surface area (Å²) in [4.78, 5) is 23.3. The van der Waals surface area contributed by atoms with Crippen LogP contribution >= 0.6 is 62.1 Å². The zero-order valence-electron chi connectivity index (χ0n) is 20.4. The molecule has 2 N–H and O–H groups in total. The predicted molar refractivity (Wildman–Crippen MR) is 162 cm³/mol. The Labute approximate surface area is 249 Å². The normalized spacial score (nSPS) is 12.9. The van der Waals surface area contributed by atoms with Crippen LogP contribution in [-0.4, -0.2) is 23.5 Å². The molecule has 0 aliphatic carbocycles. The van der Waals surface area contributed by atoms with Crippen molar-refractivity contribution in [2.24, 2.45) is 0 Å². The van der Waals surface area contributed by atoms with E-state index in [1.165, 1.54) is 0 Å². The molecule has 2 atom stereocenters. The number of rotatable bonds is 10. The van der Waals surface area contributed by atoms with Gasteiger partial charge in [-0.3, -0.25) is 9.59 Å². The third-order valence-corrected chi connectivity index (χ3v) is 9.38. The average molecular weight is 654 g/mol. The van der Waals surface area contributed by atoms with Crippen molar-refractivity contribution in [3.63, 3.8) is 0 Å². The van der Waals surface area contributed by atoms with Crippen molar-refractivity contribution in [1.29, 1.82) is 0 Å². The fourth-order valence-electron chi connectivity index (χ4n) is 4.76. The summed E-state index contributed by atoms with van der Waals surface area (Å²) in [5.41, 5.74) is 3.77. The standard InChI is InChI=1S/C29H25BrCl3NO3S/c1-2-3-20(16-4-6-17(7-5-16)29(37)34-11-10-26(35)36)27(18-8-9-24(32)25(33)12-18)22-15-38-28-21(22)13-19(31)14-23(28)30/h4-9,12-15,20,27H,2-3,10-11H2,1H3,(H,34,37)(H,35,36)/t20-,27?/m1/s1. The highest BCUT2D eigenvalue weighted by molar-refractivity contribution is 9.10. The Hall–Kier alpha value is -2.09. The molecule has 0 fully saturated rings. The molecule has 0 saturated carbocycles. The largest absolute Gasteiger partial charge is 0.481 e. The van der Waals surface area contributed by atoms with Gasteiger partial charge in [-0.2, -0.15) is 0 Å². The van der Waals surface area contributed by atoms with Crippen molar-refractivity contribution in [2.75, 3.05) is 6.54 Å². The van der Waals surface area contributed by atoms with E-state index in [1.54, 1.807) is 23.5 Å². The third-order valence-electron chi connectivity index (χ3n) is 6.49. The number of carboxylic acid groups (broad SMARTS) is 1. The molecule has 1 heterocycles. The quantitative estimate of drug-likeness (QED) is 0.179. The van der Waals surface area contributed by atoms with Gasteiger partial charge in [0.05, 0.1) is 16.5 Å². The van der Waals surface area contributed by atoms with E-state index in [0.29, 0.717) is 20.6 Å². The number of carbonyl (C=O) groups excluding carboxylic acids is 1. The Morgan fingerprint density at radius 1 is 1.00 bits per heavy atom. The maximum absolute atomic E-state index is 12.5. The van der Waals surface area contributed by atoms with Gasteiger partial charge in [-0.25, -0.2) is 0 Å². The van der Waals surface area contributed by atoms with Crippen LogP contribution < -0.4 is 5.32 Å². The van der Waals surface area contributed by atoms with Gasteiger partial charge in [0.25, 0.3) is 5.91 Å². The second kappa shape index (κ2) is 12.8. The van der Waals surface area contributed by atoms with E-state index < -0.39 is 5.97 Å². The molecule has 38 heavy (non-hydrogen) atoms. The summed E-state index contributed by atoms with van der Waals surface area (Å²) >= 11 is 24.6. The van der Waals surface area contributed by atoms with Crippen molar-refractivity contribution in [3.05, 3.63) is 102 Å². The summed E-state index contributed by atoms with van der Waals surface area (Å²) in [7, 11) is 0. The zero-order valence-corrected chi connectivity index (χ0v) is 25.1. The van der Waals surface area contributed by atoms with Crippen molar-refractivity contribution in [2.45, 2.75) is 38.0 Å². The molecule has 4 rings (SSSR count). The van der Waals surface area contributed by atoms with Gasteiger partial charge in [0.2, 0.25) is 0 Å². The monoisotopic (exact) mass is 651 g/mol. The van der Waals surface area contributed by atoms with Crippen LogP contribution in [-0.2, 0) is 4.79 Å². The predicted octanol–water partition coefficient (Wildman–Crippen LogP) is 9.54. The van der Waals surface area contributed by atoms with Crippen molar-refractivity contribution in [1.82, 2.24) is 5.32 Å². The van der Waals surface area contributed by atoms with E-state index in [1.807, 2.05) is 42.5 Å². The van der Waals surface area contributed by atoms with Gasteiger partial charge in [0.1, 0.15) is 0 Å². The molecule has 1 unspecified atom stereocenters. The number of benzene rings is 3. The van der Waals surface area contributed by atoms with E-state index in [9.17, 15) is 9.59 Å². The third kappa shape index (κ3) is 6.54. The molecule has 1 aromatic heterocycles. The highest BCUT2D eigenvalue weighted by Crippen LogP contribution is 2.48. The molecular formula is C29H25BrCl3NO3S. The molecule has 0 bridgehead atoms. The maximum atomic E-state index is 12.5. The maximum Gasteiger partial charge on any atom is 0.305 e. The summed E-state index contributed by atoms with van der Waals surface area (Å²) in [6.45, 7) is 2.24. The van der Waals surface area contributed by atoms with E-state index in [4.69, 9.17) is 39.9 Å². The summed E-state index contributed by atoms with van der Waals surface area (Å²) in [5, 5.41) is 16.4. The van der Waals surface area contributed by atoms with Gasteiger partial charge in [-0.05, 0) is 92.1 Å². The number of thiophene rings is 1. The van der Waals surface area contributed by atoms with Gasteiger partial charge in [-0.1, -0.05) is 66.3 Å². The molecule has 3 aromatic carbocycles. The second-order valence-corrected chi connectivity index (χ2v) is 12.0. The van der Waals surface area contributed by atoms with Crippen LogP contribution in [0.15, 0.2) is 64.5 Å². The number of halogens is 4. The first-order valence-corrected chi connectivity index (χ1v) is 14.9. The average Bonchev–Trinajstić information content (AvgIpc) is 3.29. The van der Waals surface area contributed by atoms with Gasteiger partial charge in [0.15, 0.2) is 0 Å². The molecule has 4 nitrogen and oxygen atoms in total. The lowest BCUT2D eigenvalue weighted by atomic mass is 9.75. The van der Waals surface area contributed by atoms with Crippen LogP contribution in [0, 0.1) is 0 Å². The van der Waals surface area contributed by atoms with Crippen LogP contribution in [0.3, 0.4) is 0 Å². The highest BCUT2D eigenvalue weighted by atomic mass is 79.9. The number of hydrogen-bond donors (Lipinski definition) is 2. The Bertz CT molecular complexity index is 1470. The first-order valence-electron chi connectivity index (χ1n) is 12.1. The Morgan fingerprint density at radius 2 is 1.71 bits per heavy atom. The summed E-state index contributed by atoms with van der Waals surface area (Å²) in [5.74, 6) is -1.21. The molecule has 4 aromatic rings. The molecule has 0 saturated heterocycles. The van der Waals surface area contributed by atoms with Crippen molar-refractivity contribution in [3.8, 4) is 0 Å². The lowest BCUT2D eigenvalue weighted by Gasteiger charge is -2.29. The highest BCUT2D eigenvalue weighted by Gasteiger charge is 2.29. The summed E-state index contributed by atoms with van der Waals surface area (Å²) in [6, 6.07) is 17.2. The number of fused-ring (bicyclic) bond motifs is 1. The summed E-state index contributed by atoms with van der Waals surface area (Å²) < 4.78 is 2.08. The molecule has 9 heteroatoms. The summed E-state index contributed by atoms with van der Waals surface area (Å²) in [6.07, 6.45) is 1.73. The number of amides is 1. The SMILES string of the molecule is CCC[C@H](c1ccc(C(=O)NCCC(=O)O)cc1)C(c1ccc(Cl)c(Cl)c1)c1csc2c(Br)cc(Cl)cc12. The minimum Gasteiger partial charge on any atom is -0.481 e. The number of hydrogen-bond acceptors (Lipinski definition) is 3. The minimum atomic E-state index is -0.953. The van der Waals surface area contributed by atoms with Crippen LogP contribution in [0.1, 0.15) is 65.1 Å². The Kier molecular flexibility index (Phi) is 9.77. The van der Waals surface area contributed by atoms with Crippen LogP contribution in [0.4, 0.5) is 0 Å². The van der Waals surface area contributed by atoms with E-state index in [-0.39, 0.29) is 30.7 Å². The second-order valence-electron chi connectivity index (χ2n) is 9.02. The van der Waals surface area contributed by atoms with E-state index >= 15 is 0 Å². The fraction of sp³-hybridized carbons (Fsp3) is 0.241. The van der Waals surface area contributed by atoms with E-state index in [0.717, 1.165) is 44.1 Å². The van der Waals surface area contributed by atoms with Gasteiger partial charge >= 0.3 is 5.97 Å². The van der Waals surface area contributed by atoms with Crippen molar-refractivity contribution < 1.29 is 14.7 Å². The van der Waals surface area contributed by atoms with E-state index in [2.05, 4.69) is 33.6 Å². The van der Waals surface area contributed by atoms with Crippen molar-refractivity contribution >= 4 is 84.0 Å². The first kappa shape index (κ1) is 28.9. The van der Waals surface area contributed by atoms with Crippen LogP contribution in [0.5, 0.6) is 0 Å². The number of carbonyl (C=O) groups is 2. The molecule has 0 aliphatic heterocycles. The van der Waals surface area contributed by atoms with Gasteiger partial charge in [0, 0.05) is 32.2 Å². The molecule has 0 radical (unpaired) electrons. The van der Waals surface area contributed by atoms with Gasteiger partial charge < -0.3 is 10.4 Å². The minimum absolute atomic E-state index is 0.0425. The van der Waals surface area contributed by atoms with Crippen LogP contribution in [0.2, 0.25) is 15.1 Å². The number of aliphatic carboxylic acids is 1. The van der Waals surface area contributed by atoms with Gasteiger partial charge in [-0.15, -0.1) is 11.3 Å². The lowest BCUT2D eigenvalue weighted by molar-refractivity contribution is -0.136. The Balaban J connectivity index is 1.78. The Morgan fingerprint density at radius 3 is 2.37 bits per heavy atom. The lowest BCUT2D eigenvalue weighted by Crippen LogP contribution is -2.26. The number of carboxylic acids is 1. The molecular weight excluding hydrogens is 629 g/mol. The fourth-order valence-corrected chi connectivity index (χ4v) is 7.15. The van der Waals surface area contributed by atoms with Crippen LogP contribution in [0.25, 0.3) is 10.1 Å². The smallest absolute Gasteiger partial charge is 0.305 e. The number of nitrogens with one attached hydrogen (secondary N) is 1. The zero-order chi connectivity index (χ0) is 27.4. The molecule has 0 spiro atoms. The molecule has 198 valence electrons. The first-order chi connectivity index (χ1) is 18.2.